The van der Waals surface area contributed by atoms with Gasteiger partial charge in [-0.25, -0.2) is 0 Å². The molecule has 0 saturated heterocycles. The maximum absolute atomic E-state index is 12.3. The van der Waals surface area contributed by atoms with E-state index in [2.05, 4.69) is 0 Å². The van der Waals surface area contributed by atoms with Crippen LogP contribution in [0.15, 0.2) is 23.1 Å². The summed E-state index contributed by atoms with van der Waals surface area (Å²) >= 11 is 5.39. The number of rotatable bonds is 1. The minimum absolute atomic E-state index is 0.139. The molecule has 0 fully saturated rings. The molecule has 66 valence electrons. The van der Waals surface area contributed by atoms with Gasteiger partial charge in [-0.3, -0.25) is 0 Å². The standard InChI is InChI=1S/C6H4ClFO3S/c7-4-1-2-6(5(9)3-4)12(8,10)11/h1-3,9H. The molecule has 0 aliphatic rings. The van der Waals surface area contributed by atoms with Gasteiger partial charge in [0, 0.05) is 5.02 Å². The second-order valence-electron chi connectivity index (χ2n) is 2.05. The Balaban J connectivity index is 3.39. The van der Waals surface area contributed by atoms with Crippen LogP contribution in [0.25, 0.3) is 0 Å². The van der Waals surface area contributed by atoms with Crippen LogP contribution in [0, 0.1) is 0 Å². The number of benzene rings is 1. The normalized spacial score (nSPS) is 11.5. The zero-order valence-electron chi connectivity index (χ0n) is 5.66. The highest BCUT2D eigenvalue weighted by molar-refractivity contribution is 7.86. The lowest BCUT2D eigenvalue weighted by Crippen LogP contribution is -1.91. The Labute approximate surface area is 73.6 Å². The van der Waals surface area contributed by atoms with E-state index in [1.54, 1.807) is 0 Å². The summed E-state index contributed by atoms with van der Waals surface area (Å²) in [6.07, 6.45) is 0. The van der Waals surface area contributed by atoms with Crippen molar-refractivity contribution < 1.29 is 17.4 Å². The third-order valence-corrected chi connectivity index (χ3v) is 2.29. The molecule has 0 atom stereocenters. The van der Waals surface area contributed by atoms with Crippen molar-refractivity contribution in [2.45, 2.75) is 4.90 Å². The van der Waals surface area contributed by atoms with Crippen LogP contribution in [0.1, 0.15) is 0 Å². The van der Waals surface area contributed by atoms with Gasteiger partial charge in [-0.05, 0) is 18.2 Å². The smallest absolute Gasteiger partial charge is 0.335 e. The molecule has 0 unspecified atom stereocenters. The van der Waals surface area contributed by atoms with E-state index in [4.69, 9.17) is 16.7 Å². The van der Waals surface area contributed by atoms with Gasteiger partial charge >= 0.3 is 10.2 Å². The first-order valence-electron chi connectivity index (χ1n) is 2.84. The summed E-state index contributed by atoms with van der Waals surface area (Å²) in [7, 11) is -4.86. The zero-order chi connectivity index (χ0) is 9.35. The highest BCUT2D eigenvalue weighted by atomic mass is 35.5. The van der Waals surface area contributed by atoms with Gasteiger partial charge in [-0.2, -0.15) is 8.42 Å². The summed E-state index contributed by atoms with van der Waals surface area (Å²) in [6.45, 7) is 0. The minimum Gasteiger partial charge on any atom is -0.506 e. The van der Waals surface area contributed by atoms with E-state index in [1.807, 2.05) is 0 Å². The lowest BCUT2D eigenvalue weighted by molar-refractivity contribution is 0.455. The molecule has 0 spiro atoms. The number of hydrogen-bond donors (Lipinski definition) is 1. The molecule has 0 heterocycles. The Morgan fingerprint density at radius 3 is 2.42 bits per heavy atom. The van der Waals surface area contributed by atoms with Gasteiger partial charge in [-0.1, -0.05) is 11.6 Å². The summed E-state index contributed by atoms with van der Waals surface area (Å²) in [5.41, 5.74) is 0. The molecule has 0 bridgehead atoms. The van der Waals surface area contributed by atoms with Crippen molar-refractivity contribution in [3.8, 4) is 5.75 Å². The summed E-state index contributed by atoms with van der Waals surface area (Å²) in [5.74, 6) is -0.690. The number of aromatic hydroxyl groups is 1. The van der Waals surface area contributed by atoms with E-state index in [0.29, 0.717) is 0 Å². The van der Waals surface area contributed by atoms with Gasteiger partial charge in [0.05, 0.1) is 0 Å². The Morgan fingerprint density at radius 2 is 2.00 bits per heavy atom. The Kier molecular flexibility index (Phi) is 2.25. The topological polar surface area (TPSA) is 54.4 Å². The quantitative estimate of drug-likeness (QED) is 0.718. The molecule has 3 nitrogen and oxygen atoms in total. The fraction of sp³-hybridized carbons (Fsp3) is 0. The fourth-order valence-electron chi connectivity index (χ4n) is 0.697. The van der Waals surface area contributed by atoms with E-state index in [-0.39, 0.29) is 5.02 Å². The lowest BCUT2D eigenvalue weighted by atomic mass is 10.3. The number of halogens is 2. The monoisotopic (exact) mass is 210 g/mol. The van der Waals surface area contributed by atoms with E-state index in [1.165, 1.54) is 6.07 Å². The van der Waals surface area contributed by atoms with Crippen molar-refractivity contribution in [2.75, 3.05) is 0 Å². The molecule has 1 rings (SSSR count). The first kappa shape index (κ1) is 9.28. The van der Waals surface area contributed by atoms with Crippen LogP contribution in [-0.4, -0.2) is 13.5 Å². The lowest BCUT2D eigenvalue weighted by Gasteiger charge is -1.98. The highest BCUT2D eigenvalue weighted by Gasteiger charge is 2.16. The minimum atomic E-state index is -4.86. The number of phenolic OH excluding ortho intramolecular Hbond substituents is 1. The van der Waals surface area contributed by atoms with E-state index >= 15 is 0 Å². The van der Waals surface area contributed by atoms with Crippen LogP contribution in [0.5, 0.6) is 5.75 Å². The molecule has 0 aliphatic heterocycles. The van der Waals surface area contributed by atoms with Gasteiger partial charge in [0.15, 0.2) is 0 Å². The van der Waals surface area contributed by atoms with Crippen molar-refractivity contribution in [1.82, 2.24) is 0 Å². The van der Waals surface area contributed by atoms with E-state index in [0.717, 1.165) is 12.1 Å². The molecule has 0 saturated carbocycles. The first-order valence-corrected chi connectivity index (χ1v) is 4.60. The van der Waals surface area contributed by atoms with Crippen LogP contribution < -0.4 is 0 Å². The molecule has 0 radical (unpaired) electrons. The molecule has 0 aromatic heterocycles. The molecule has 1 N–H and O–H groups in total. The van der Waals surface area contributed by atoms with Gasteiger partial charge in [0.2, 0.25) is 0 Å². The van der Waals surface area contributed by atoms with E-state index < -0.39 is 20.9 Å². The first-order chi connectivity index (χ1) is 5.41. The van der Waals surface area contributed by atoms with Crippen LogP contribution in [0.2, 0.25) is 5.02 Å². The van der Waals surface area contributed by atoms with Crippen LogP contribution in [0.4, 0.5) is 3.89 Å². The van der Waals surface area contributed by atoms with Crippen LogP contribution >= 0.6 is 11.6 Å². The predicted molar refractivity (Wildman–Crippen MR) is 41.4 cm³/mol. The van der Waals surface area contributed by atoms with Gasteiger partial charge in [0.1, 0.15) is 10.6 Å². The summed E-state index contributed by atoms with van der Waals surface area (Å²) in [6, 6.07) is 3.02. The Morgan fingerprint density at radius 1 is 1.42 bits per heavy atom. The van der Waals surface area contributed by atoms with Crippen molar-refractivity contribution in [3.63, 3.8) is 0 Å². The predicted octanol–water partition coefficient (Wildman–Crippen LogP) is 1.70. The maximum atomic E-state index is 12.3. The summed E-state index contributed by atoms with van der Waals surface area (Å²) < 4.78 is 32.9. The van der Waals surface area contributed by atoms with Crippen molar-refractivity contribution in [1.29, 1.82) is 0 Å². The molecule has 6 heteroatoms. The molecular weight excluding hydrogens is 207 g/mol. The number of phenols is 1. The summed E-state index contributed by atoms with van der Waals surface area (Å²) in [5, 5.41) is 9.06. The summed E-state index contributed by atoms with van der Waals surface area (Å²) in [4.78, 5) is -0.771. The van der Waals surface area contributed by atoms with Gasteiger partial charge < -0.3 is 5.11 Å². The van der Waals surface area contributed by atoms with Crippen LogP contribution in [-0.2, 0) is 10.2 Å². The molecule has 1 aromatic carbocycles. The largest absolute Gasteiger partial charge is 0.506 e. The SMILES string of the molecule is O=S(=O)(F)c1ccc(Cl)cc1O. The molecule has 0 aliphatic carbocycles. The van der Waals surface area contributed by atoms with Crippen molar-refractivity contribution in [2.24, 2.45) is 0 Å². The molecule has 1 aromatic rings. The van der Waals surface area contributed by atoms with Crippen LogP contribution in [0.3, 0.4) is 0 Å². The second-order valence-corrected chi connectivity index (χ2v) is 3.80. The zero-order valence-corrected chi connectivity index (χ0v) is 7.23. The third-order valence-electron chi connectivity index (χ3n) is 1.18. The average molecular weight is 211 g/mol. The third kappa shape index (κ3) is 1.86. The highest BCUT2D eigenvalue weighted by Crippen LogP contribution is 2.26. The molecule has 0 amide bonds. The average Bonchev–Trinajstić information content (AvgIpc) is 1.83. The number of hydrogen-bond acceptors (Lipinski definition) is 3. The molecule has 12 heavy (non-hydrogen) atoms. The molecular formula is C6H4ClFO3S. The van der Waals surface area contributed by atoms with Gasteiger partial charge in [0.25, 0.3) is 0 Å². The Hall–Kier alpha value is -0.810. The second kappa shape index (κ2) is 2.91. The fourth-order valence-corrected chi connectivity index (χ4v) is 1.40. The Bertz CT molecular complexity index is 401. The van der Waals surface area contributed by atoms with Crippen molar-refractivity contribution in [3.05, 3.63) is 23.2 Å². The van der Waals surface area contributed by atoms with Gasteiger partial charge in [-0.15, -0.1) is 3.89 Å². The maximum Gasteiger partial charge on any atom is 0.335 e. The van der Waals surface area contributed by atoms with E-state index in [9.17, 15) is 12.3 Å². The van der Waals surface area contributed by atoms with Crippen molar-refractivity contribution >= 4 is 21.8 Å².